The largest absolute Gasteiger partial charge is 0.316 e. The molecule has 3 rings (SSSR count). The van der Waals surface area contributed by atoms with Crippen molar-refractivity contribution in [1.82, 2.24) is 10.6 Å². The van der Waals surface area contributed by atoms with Crippen LogP contribution in [0.25, 0.3) is 0 Å². The van der Waals surface area contributed by atoms with Gasteiger partial charge in [-0.1, -0.05) is 30.3 Å². The Hall–Kier alpha value is -0.860. The smallest absolute Gasteiger partial charge is 0.00139 e. The van der Waals surface area contributed by atoms with E-state index in [9.17, 15) is 0 Å². The molecule has 2 nitrogen and oxygen atoms in total. The monoisotopic (exact) mass is 230 g/mol. The highest BCUT2D eigenvalue weighted by Gasteiger charge is 2.51. The number of nitrogens with one attached hydrogen (secondary N) is 2. The Balaban J connectivity index is 1.27. The minimum atomic E-state index is 0.980. The number of fused-ring (bicyclic) bond motifs is 1. The first-order valence-corrected chi connectivity index (χ1v) is 6.90. The summed E-state index contributed by atoms with van der Waals surface area (Å²) >= 11 is 0. The van der Waals surface area contributed by atoms with E-state index in [4.69, 9.17) is 0 Å². The van der Waals surface area contributed by atoms with E-state index < -0.39 is 0 Å². The highest BCUT2D eigenvalue weighted by molar-refractivity contribution is 5.14. The molecule has 1 saturated heterocycles. The number of piperidine rings is 1. The molecular weight excluding hydrogens is 208 g/mol. The Labute approximate surface area is 104 Å². The fraction of sp³-hybridized carbons (Fsp3) is 0.600. The van der Waals surface area contributed by atoms with Crippen molar-refractivity contribution < 1.29 is 0 Å². The van der Waals surface area contributed by atoms with Crippen LogP contribution >= 0.6 is 0 Å². The maximum Gasteiger partial charge on any atom is -0.00139 e. The lowest BCUT2D eigenvalue weighted by Gasteiger charge is -2.06. The van der Waals surface area contributed by atoms with Gasteiger partial charge in [-0.05, 0) is 62.3 Å². The Kier molecular flexibility index (Phi) is 3.44. The summed E-state index contributed by atoms with van der Waals surface area (Å²) in [7, 11) is 0. The fourth-order valence-corrected chi connectivity index (χ4v) is 3.18. The maximum absolute atomic E-state index is 3.62. The van der Waals surface area contributed by atoms with Crippen molar-refractivity contribution in [2.45, 2.75) is 12.8 Å². The van der Waals surface area contributed by atoms with E-state index in [1.54, 1.807) is 0 Å². The third kappa shape index (κ3) is 2.70. The van der Waals surface area contributed by atoms with Gasteiger partial charge in [0.1, 0.15) is 0 Å². The molecule has 1 aromatic rings. The highest BCUT2D eigenvalue weighted by Crippen LogP contribution is 2.47. The maximum atomic E-state index is 3.62. The van der Waals surface area contributed by atoms with Crippen LogP contribution in [0.1, 0.15) is 12.0 Å². The minimum absolute atomic E-state index is 0.980. The molecule has 2 aliphatic rings. The molecule has 2 unspecified atom stereocenters. The van der Waals surface area contributed by atoms with E-state index in [0.29, 0.717) is 0 Å². The van der Waals surface area contributed by atoms with Crippen molar-refractivity contribution in [2.75, 3.05) is 26.2 Å². The van der Waals surface area contributed by atoms with Gasteiger partial charge in [-0.3, -0.25) is 0 Å². The molecule has 1 aliphatic heterocycles. The van der Waals surface area contributed by atoms with E-state index in [2.05, 4.69) is 41.0 Å². The quantitative estimate of drug-likeness (QED) is 0.727. The Bertz CT molecular complexity index is 339. The first-order chi connectivity index (χ1) is 8.45. The SMILES string of the molecule is c1ccc(CCCNCC2C3CNCC23)cc1. The summed E-state index contributed by atoms with van der Waals surface area (Å²) in [5.41, 5.74) is 1.46. The molecule has 1 saturated carbocycles. The third-order valence-electron chi connectivity index (χ3n) is 4.31. The first kappa shape index (κ1) is 11.2. The number of hydrogen-bond donors (Lipinski definition) is 2. The molecule has 2 atom stereocenters. The molecule has 1 aromatic carbocycles. The lowest BCUT2D eigenvalue weighted by Crippen LogP contribution is -2.24. The molecule has 92 valence electrons. The molecule has 2 fully saturated rings. The topological polar surface area (TPSA) is 24.1 Å². The molecule has 0 spiro atoms. The van der Waals surface area contributed by atoms with Gasteiger partial charge in [0.05, 0.1) is 0 Å². The van der Waals surface area contributed by atoms with Crippen LogP contribution in [0.4, 0.5) is 0 Å². The molecule has 2 N–H and O–H groups in total. The Morgan fingerprint density at radius 3 is 2.65 bits per heavy atom. The van der Waals surface area contributed by atoms with Crippen molar-refractivity contribution in [2.24, 2.45) is 17.8 Å². The van der Waals surface area contributed by atoms with Crippen LogP contribution in [0.15, 0.2) is 30.3 Å². The lowest BCUT2D eigenvalue weighted by atomic mass is 10.1. The zero-order chi connectivity index (χ0) is 11.5. The van der Waals surface area contributed by atoms with Gasteiger partial charge < -0.3 is 10.6 Å². The summed E-state index contributed by atoms with van der Waals surface area (Å²) in [6.07, 6.45) is 2.46. The first-order valence-electron chi connectivity index (χ1n) is 6.90. The van der Waals surface area contributed by atoms with Gasteiger partial charge in [0.25, 0.3) is 0 Å². The summed E-state index contributed by atoms with van der Waals surface area (Å²) in [6, 6.07) is 10.8. The Morgan fingerprint density at radius 1 is 1.12 bits per heavy atom. The molecule has 17 heavy (non-hydrogen) atoms. The van der Waals surface area contributed by atoms with Crippen LogP contribution in [0, 0.1) is 17.8 Å². The van der Waals surface area contributed by atoms with Crippen LogP contribution in [0.2, 0.25) is 0 Å². The summed E-state index contributed by atoms with van der Waals surface area (Å²) in [4.78, 5) is 0. The second kappa shape index (κ2) is 5.19. The predicted molar refractivity (Wildman–Crippen MR) is 71.0 cm³/mol. The fourth-order valence-electron chi connectivity index (χ4n) is 3.18. The van der Waals surface area contributed by atoms with Crippen LogP contribution in [-0.4, -0.2) is 26.2 Å². The van der Waals surface area contributed by atoms with Crippen molar-refractivity contribution >= 4 is 0 Å². The van der Waals surface area contributed by atoms with E-state index in [-0.39, 0.29) is 0 Å². The molecule has 0 bridgehead atoms. The summed E-state index contributed by atoms with van der Waals surface area (Å²) < 4.78 is 0. The van der Waals surface area contributed by atoms with E-state index in [0.717, 1.165) is 24.3 Å². The molecule has 1 heterocycles. The van der Waals surface area contributed by atoms with Crippen LogP contribution < -0.4 is 10.6 Å². The van der Waals surface area contributed by atoms with Gasteiger partial charge in [0, 0.05) is 0 Å². The summed E-state index contributed by atoms with van der Waals surface area (Å²) in [5, 5.41) is 7.07. The molecular formula is C15H22N2. The van der Waals surface area contributed by atoms with Gasteiger partial charge in [-0.15, -0.1) is 0 Å². The Morgan fingerprint density at radius 2 is 1.88 bits per heavy atom. The number of rotatable bonds is 6. The number of aryl methyl sites for hydroxylation is 1. The predicted octanol–water partition coefficient (Wildman–Crippen LogP) is 1.67. The standard InChI is InChI=1S/C15H22N2/c1-2-5-12(6-3-1)7-4-8-16-9-13-14-10-17-11-15(13)14/h1-3,5-6,13-17H,4,7-11H2. The molecule has 0 amide bonds. The second-order valence-electron chi connectivity index (χ2n) is 5.44. The van der Waals surface area contributed by atoms with Crippen molar-refractivity contribution in [1.29, 1.82) is 0 Å². The normalized spacial score (nSPS) is 30.2. The number of hydrogen-bond acceptors (Lipinski definition) is 2. The van der Waals surface area contributed by atoms with E-state index in [1.807, 2.05) is 0 Å². The molecule has 1 aliphatic carbocycles. The molecule has 0 aromatic heterocycles. The zero-order valence-corrected chi connectivity index (χ0v) is 10.4. The van der Waals surface area contributed by atoms with Gasteiger partial charge in [0.2, 0.25) is 0 Å². The van der Waals surface area contributed by atoms with Gasteiger partial charge in [-0.2, -0.15) is 0 Å². The average molecular weight is 230 g/mol. The third-order valence-corrected chi connectivity index (χ3v) is 4.31. The van der Waals surface area contributed by atoms with Crippen molar-refractivity contribution in [3.05, 3.63) is 35.9 Å². The van der Waals surface area contributed by atoms with Crippen LogP contribution in [-0.2, 0) is 6.42 Å². The molecule has 2 heteroatoms. The van der Waals surface area contributed by atoms with Crippen LogP contribution in [0.5, 0.6) is 0 Å². The van der Waals surface area contributed by atoms with Crippen molar-refractivity contribution in [3.63, 3.8) is 0 Å². The lowest BCUT2D eigenvalue weighted by molar-refractivity contribution is 0.533. The number of benzene rings is 1. The molecule has 0 radical (unpaired) electrons. The highest BCUT2D eigenvalue weighted by atomic mass is 15.0. The van der Waals surface area contributed by atoms with Gasteiger partial charge >= 0.3 is 0 Å². The van der Waals surface area contributed by atoms with Crippen LogP contribution in [0.3, 0.4) is 0 Å². The van der Waals surface area contributed by atoms with Gasteiger partial charge in [-0.25, -0.2) is 0 Å². The summed E-state index contributed by atoms with van der Waals surface area (Å²) in [5.74, 6) is 2.97. The van der Waals surface area contributed by atoms with E-state index in [1.165, 1.54) is 38.0 Å². The van der Waals surface area contributed by atoms with E-state index >= 15 is 0 Å². The average Bonchev–Trinajstić information content (AvgIpc) is 2.82. The van der Waals surface area contributed by atoms with Crippen molar-refractivity contribution in [3.8, 4) is 0 Å². The second-order valence-corrected chi connectivity index (χ2v) is 5.44. The zero-order valence-electron chi connectivity index (χ0n) is 10.4. The van der Waals surface area contributed by atoms with Gasteiger partial charge in [0.15, 0.2) is 0 Å². The minimum Gasteiger partial charge on any atom is -0.316 e. The summed E-state index contributed by atoms with van der Waals surface area (Å²) in [6.45, 7) is 4.94.